The van der Waals surface area contributed by atoms with Crippen molar-refractivity contribution >= 4 is 49.9 Å². The van der Waals surface area contributed by atoms with Gasteiger partial charge in [0.2, 0.25) is 11.6 Å². The van der Waals surface area contributed by atoms with Crippen LogP contribution in [0.4, 0.5) is 17.6 Å². The molecule has 0 aromatic carbocycles. The summed E-state index contributed by atoms with van der Waals surface area (Å²) in [4.78, 5) is 95.0. The molecule has 2 heterocycles. The Labute approximate surface area is 516 Å². The molecule has 4 aliphatic rings. The van der Waals surface area contributed by atoms with Gasteiger partial charge in [-0.1, -0.05) is 64.5 Å². The Kier molecular flexibility index (Phi) is 50.4. The summed E-state index contributed by atoms with van der Waals surface area (Å²) in [6.45, 7) is 9.27. The van der Waals surface area contributed by atoms with Gasteiger partial charge in [-0.05, 0) is 103 Å². The van der Waals surface area contributed by atoms with Crippen LogP contribution >= 0.6 is 8.15 Å². The molecular formula is C60H100F4LiO19P. The number of alkyl halides is 4. The van der Waals surface area contributed by atoms with E-state index < -0.39 is 68.4 Å². The van der Waals surface area contributed by atoms with E-state index in [1.165, 1.54) is 41.3 Å². The smallest absolute Gasteiger partial charge is 1.00 e. The number of rotatable bonds is 32. The third-order valence-electron chi connectivity index (χ3n) is 14.2. The Morgan fingerprint density at radius 2 is 1.07 bits per heavy atom. The van der Waals surface area contributed by atoms with E-state index >= 15 is 0 Å². The van der Waals surface area contributed by atoms with Crippen molar-refractivity contribution in [2.24, 2.45) is 23.7 Å². The summed E-state index contributed by atoms with van der Waals surface area (Å²) in [7, 11) is 4.14. The maximum absolute atomic E-state index is 14.3. The Bertz CT molecular complexity index is 1950. The Balaban J connectivity index is -0.000000607. The number of hydrogen-bond acceptors (Lipinski definition) is 19. The Morgan fingerprint density at radius 3 is 1.45 bits per heavy atom. The third kappa shape index (κ3) is 35.7. The number of Topliss-reactive ketones (excluding diaryl/α,β-unsaturated/α-hetero) is 1. The number of aliphatic hydroxyl groups is 1. The SMILES string of the molecule is C.CCCCC(F)(F)C(=O)/C=C/[C@@H]1C(C/C=C\CCCC(=O)OC)[C@@H](OC(C)=O)C[C@H]1OC1CCCCO1.CCCCC(F)(F)C(=O)CP(C)OC.CO.COC(=O)CCC/C=C\CC1[C@@H](OC(C)=O)C[C@@H](OC2CCCCO2)[C@@H]1C=O.O=O.[H-].[Li+]. The normalized spacial score (nSPS) is 24.0. The summed E-state index contributed by atoms with van der Waals surface area (Å²) < 4.78 is 104. The van der Waals surface area contributed by atoms with Crippen molar-refractivity contribution in [3.8, 4) is 0 Å². The number of ether oxygens (including phenoxy) is 8. The molecule has 0 aromatic rings. The zero-order chi connectivity index (χ0) is 62.8. The van der Waals surface area contributed by atoms with E-state index in [9.17, 15) is 51.1 Å². The number of ketones is 2. The number of carbonyl (C=O) groups excluding carboxylic acids is 7. The second-order valence-electron chi connectivity index (χ2n) is 20.4. The van der Waals surface area contributed by atoms with Crippen LogP contribution in [0.5, 0.6) is 0 Å². The van der Waals surface area contributed by atoms with Crippen molar-refractivity contribution in [3.63, 3.8) is 0 Å². The molecular weight excluding hydrogens is 1140 g/mol. The largest absolute Gasteiger partial charge is 1.00 e. The van der Waals surface area contributed by atoms with E-state index in [-0.39, 0.29) is 101 Å². The topological polar surface area (TPSA) is 257 Å². The van der Waals surface area contributed by atoms with Crippen molar-refractivity contribution in [2.45, 2.75) is 225 Å². The monoisotopic (exact) mass is 1240 g/mol. The summed E-state index contributed by atoms with van der Waals surface area (Å²) in [5.74, 6) is -11.2. The van der Waals surface area contributed by atoms with Crippen LogP contribution in [0, 0.1) is 33.6 Å². The average molecular weight is 1240 g/mol. The number of unbranched alkanes of at least 4 members (excludes halogenated alkanes) is 4. The molecule has 25 heteroatoms. The summed E-state index contributed by atoms with van der Waals surface area (Å²) in [5.41, 5.74) is 0. The maximum Gasteiger partial charge on any atom is 1.00 e. The third-order valence-corrected chi connectivity index (χ3v) is 15.5. The van der Waals surface area contributed by atoms with Gasteiger partial charge in [0.1, 0.15) is 18.5 Å². The molecule has 0 radical (unpaired) electrons. The van der Waals surface area contributed by atoms with Crippen LogP contribution in [0.25, 0.3) is 0 Å². The van der Waals surface area contributed by atoms with Crippen LogP contribution in [0.2, 0.25) is 0 Å². The van der Waals surface area contributed by atoms with E-state index in [4.69, 9.17) is 48.0 Å². The number of aldehydes is 1. The Morgan fingerprint density at radius 1 is 0.647 bits per heavy atom. The standard InChI is InChI=1S/C28H42F2O7.C21H32O7.C9H17F2O2P.CH4O.CH4.Li.O2.H/c1-4-5-17-28(29,30)25(32)16-15-22-21(12-8-6-7-9-13-26(33)34-3)23(36-20(2)31)19-24(22)37-27-14-10-11-18-35-27;1-15(23)27-18-13-19(28-21-11-7-8-12-26-21)17(14-22)16(18)9-5-3-4-6-10-20(24)25-2;1-4-5-6-9(10,11)8(12)7-14(3)13-2;1-2;;;1-2;/h6,8,15-16,21-24,27H,4-5,7,9-14,17-19H2,1-3H3;3,5,14,16-19,21H,4,6-13H2,1-2H3;4-7H2,1-3H3;2H,1H3;1H4;;;/q;;;;;+1;;-1/b8-6-,16-15+;5-3-;;;;;;/t21?,22-,23+,24-,27?;16?,17-,18+,19-,21?;;;;;;/m11....../s1. The Hall–Kier alpha value is -3.78. The van der Waals surface area contributed by atoms with Gasteiger partial charge in [-0.2, -0.15) is 17.6 Å². The second kappa shape index (κ2) is 50.1. The van der Waals surface area contributed by atoms with Crippen LogP contribution < -0.4 is 18.9 Å². The van der Waals surface area contributed by atoms with Gasteiger partial charge in [-0.3, -0.25) is 28.8 Å². The molecule has 2 aliphatic carbocycles. The van der Waals surface area contributed by atoms with Gasteiger partial charge in [0.15, 0.2) is 12.6 Å². The van der Waals surface area contributed by atoms with Crippen LogP contribution in [-0.4, -0.2) is 150 Å². The minimum Gasteiger partial charge on any atom is -1.00 e. The summed E-state index contributed by atoms with van der Waals surface area (Å²) in [5, 5.41) is 7.00. The van der Waals surface area contributed by atoms with Crippen molar-refractivity contribution < 1.29 is 119 Å². The number of esters is 4. The predicted octanol–water partition coefficient (Wildman–Crippen LogP) is 9.14. The quantitative estimate of drug-likeness (QED) is 0.00757. The maximum atomic E-state index is 14.3. The first-order valence-corrected chi connectivity index (χ1v) is 30.7. The molecule has 5 unspecified atom stereocenters. The first-order valence-electron chi connectivity index (χ1n) is 28.8. The molecule has 2 saturated carbocycles. The van der Waals surface area contributed by atoms with Crippen molar-refractivity contribution in [3.05, 3.63) is 46.4 Å². The molecule has 0 bridgehead atoms. The first-order chi connectivity index (χ1) is 39.7. The predicted molar refractivity (Wildman–Crippen MR) is 312 cm³/mol. The van der Waals surface area contributed by atoms with E-state index in [0.717, 1.165) is 64.4 Å². The zero-order valence-electron chi connectivity index (χ0n) is 52.2. The summed E-state index contributed by atoms with van der Waals surface area (Å²) in [6, 6.07) is 0. The summed E-state index contributed by atoms with van der Waals surface area (Å²) in [6.07, 6.45) is 20.9. The van der Waals surface area contributed by atoms with Crippen LogP contribution in [0.3, 0.4) is 0 Å². The van der Waals surface area contributed by atoms with Gasteiger partial charge < -0.3 is 53.7 Å². The molecule has 0 spiro atoms. The fourth-order valence-electron chi connectivity index (χ4n) is 9.70. The van der Waals surface area contributed by atoms with Crippen LogP contribution in [0.15, 0.2) is 36.5 Å². The number of hydrogen-bond donors (Lipinski definition) is 1. The van der Waals surface area contributed by atoms with Gasteiger partial charge in [0, 0.05) is 122 Å². The summed E-state index contributed by atoms with van der Waals surface area (Å²) >= 11 is 0. The van der Waals surface area contributed by atoms with Crippen molar-refractivity contribution in [1.29, 1.82) is 0 Å². The van der Waals surface area contributed by atoms with E-state index in [1.54, 1.807) is 13.6 Å². The van der Waals surface area contributed by atoms with Crippen LogP contribution in [0.1, 0.15) is 178 Å². The average Bonchev–Trinajstić information content (AvgIpc) is 3.15. The molecule has 2 saturated heterocycles. The van der Waals surface area contributed by atoms with Crippen molar-refractivity contribution in [1.82, 2.24) is 0 Å². The molecule has 4 fully saturated rings. The van der Waals surface area contributed by atoms with Gasteiger partial charge >= 0.3 is 54.6 Å². The molecule has 0 amide bonds. The van der Waals surface area contributed by atoms with Gasteiger partial charge in [-0.15, -0.1) is 0 Å². The van der Waals surface area contributed by atoms with E-state index in [0.29, 0.717) is 90.3 Å². The fourth-order valence-corrected chi connectivity index (χ4v) is 10.5. The zero-order valence-corrected chi connectivity index (χ0v) is 52.1. The fraction of sp³-hybridized carbons (Fsp3) is 0.783. The number of carbonyl (C=O) groups is 7. The number of halogens is 4. The van der Waals surface area contributed by atoms with Gasteiger partial charge in [0.05, 0.1) is 32.6 Å². The molecule has 0 aromatic heterocycles. The van der Waals surface area contributed by atoms with Crippen molar-refractivity contribution in [2.75, 3.05) is 54.5 Å². The van der Waals surface area contributed by atoms with E-state index in [2.05, 4.69) is 9.47 Å². The van der Waals surface area contributed by atoms with Gasteiger partial charge in [0.25, 0.3) is 0 Å². The molecule has 85 heavy (non-hydrogen) atoms. The second-order valence-corrected chi connectivity index (χ2v) is 22.3. The molecule has 2 aliphatic heterocycles. The molecule has 488 valence electrons. The number of allylic oxidation sites excluding steroid dienone is 5. The minimum atomic E-state index is -3.42. The minimum absolute atomic E-state index is 0. The number of aliphatic hydroxyl groups excluding tert-OH is 1. The first kappa shape index (κ1) is 85.4. The number of methoxy groups -OCH3 is 2. The molecule has 1 N–H and O–H groups in total. The van der Waals surface area contributed by atoms with Gasteiger partial charge in [-0.25, -0.2) is 0 Å². The molecule has 19 nitrogen and oxygen atoms in total. The van der Waals surface area contributed by atoms with Crippen LogP contribution in [-0.2, 0) is 76.0 Å². The molecule has 11 atom stereocenters. The van der Waals surface area contributed by atoms with E-state index in [1.807, 2.05) is 31.2 Å². The molecule has 4 rings (SSSR count).